The van der Waals surface area contributed by atoms with Crippen molar-refractivity contribution < 1.29 is 13.2 Å². The van der Waals surface area contributed by atoms with E-state index in [0.717, 1.165) is 25.5 Å². The smallest absolute Gasteiger partial charge is 0.255 e. The van der Waals surface area contributed by atoms with Gasteiger partial charge in [-0.15, -0.1) is 0 Å². The summed E-state index contributed by atoms with van der Waals surface area (Å²) in [5.41, 5.74) is 1.17. The molecule has 0 unspecified atom stereocenters. The first-order valence-electron chi connectivity index (χ1n) is 7.05. The van der Waals surface area contributed by atoms with Gasteiger partial charge in [0.25, 0.3) is 5.91 Å². The number of amides is 1. The van der Waals surface area contributed by atoms with Crippen LogP contribution in [0.2, 0.25) is 0 Å². The molecule has 2 aromatic rings. The van der Waals surface area contributed by atoms with Gasteiger partial charge >= 0.3 is 0 Å². The minimum absolute atomic E-state index is 0.0556. The van der Waals surface area contributed by atoms with Crippen LogP contribution in [0.4, 0.5) is 0 Å². The Morgan fingerprint density at radius 2 is 2.27 bits per heavy atom. The molecule has 1 fully saturated rings. The highest BCUT2D eigenvalue weighted by molar-refractivity contribution is 7.90. The molecule has 1 amide bonds. The summed E-state index contributed by atoms with van der Waals surface area (Å²) in [6.45, 7) is 0.627. The molecule has 1 aliphatic rings. The third kappa shape index (κ3) is 2.80. The van der Waals surface area contributed by atoms with E-state index in [0.29, 0.717) is 17.8 Å². The highest BCUT2D eigenvalue weighted by Crippen LogP contribution is 2.34. The molecule has 1 atom stereocenters. The Balaban J connectivity index is 1.97. The molecule has 3 heterocycles. The second kappa shape index (κ2) is 5.85. The van der Waals surface area contributed by atoms with Gasteiger partial charge in [-0.1, -0.05) is 0 Å². The second-order valence-electron chi connectivity index (χ2n) is 5.44. The van der Waals surface area contributed by atoms with Gasteiger partial charge in [-0.05, 0) is 30.7 Å². The van der Waals surface area contributed by atoms with E-state index < -0.39 is 9.84 Å². The van der Waals surface area contributed by atoms with Crippen molar-refractivity contribution >= 4 is 27.1 Å². The van der Waals surface area contributed by atoms with Gasteiger partial charge in [0.05, 0.1) is 23.5 Å². The summed E-state index contributed by atoms with van der Waals surface area (Å²) in [5, 5.41) is 10.4. The third-order valence-electron chi connectivity index (χ3n) is 3.90. The van der Waals surface area contributed by atoms with Crippen molar-refractivity contribution in [3.63, 3.8) is 0 Å². The maximum absolute atomic E-state index is 12.7. The Labute approximate surface area is 133 Å². The zero-order valence-electron chi connectivity index (χ0n) is 12.2. The number of likely N-dealkylation sites (tertiary alicyclic amines) is 1. The largest absolute Gasteiger partial charge is 0.330 e. The van der Waals surface area contributed by atoms with Crippen molar-refractivity contribution in [2.45, 2.75) is 30.2 Å². The van der Waals surface area contributed by atoms with Crippen LogP contribution < -0.4 is 0 Å². The Bertz CT molecular complexity index is 765. The molecule has 0 aliphatic carbocycles. The van der Waals surface area contributed by atoms with Crippen LogP contribution in [0.3, 0.4) is 0 Å². The molecule has 0 bridgehead atoms. The number of rotatable bonds is 3. The molecule has 118 valence electrons. The number of carbonyl (C=O) groups is 1. The zero-order chi connectivity index (χ0) is 15.7. The van der Waals surface area contributed by atoms with E-state index in [2.05, 4.69) is 10.2 Å². The maximum atomic E-state index is 12.7. The highest BCUT2D eigenvalue weighted by atomic mass is 32.2. The molecule has 0 radical (unpaired) electrons. The van der Waals surface area contributed by atoms with Crippen molar-refractivity contribution in [2.24, 2.45) is 0 Å². The summed E-state index contributed by atoms with van der Waals surface area (Å²) in [6.07, 6.45) is 5.11. The van der Waals surface area contributed by atoms with Gasteiger partial charge in [-0.3, -0.25) is 9.89 Å². The Morgan fingerprint density at radius 1 is 1.45 bits per heavy atom. The predicted molar refractivity (Wildman–Crippen MR) is 83.6 cm³/mol. The number of aromatic amines is 1. The van der Waals surface area contributed by atoms with Gasteiger partial charge in [-0.2, -0.15) is 16.4 Å². The number of carbonyl (C=O) groups excluding carboxylic acids is 1. The number of hydrogen-bond donors (Lipinski definition) is 1. The zero-order valence-corrected chi connectivity index (χ0v) is 13.8. The standard InChI is InChI=1S/C14H17N3O3S2/c1-22(19,20)12-8-15-16-13(12)11-4-2-3-6-17(11)14(18)10-5-7-21-9-10/h5,7-9,11H,2-4,6H2,1H3,(H,15,16)/t11-/m1/s1. The Hall–Kier alpha value is -1.67. The van der Waals surface area contributed by atoms with E-state index in [1.165, 1.54) is 17.5 Å². The number of H-pyrrole nitrogens is 1. The van der Waals surface area contributed by atoms with E-state index in [1.807, 2.05) is 10.8 Å². The highest BCUT2D eigenvalue weighted by Gasteiger charge is 2.33. The van der Waals surface area contributed by atoms with Crippen molar-refractivity contribution in [1.29, 1.82) is 0 Å². The van der Waals surface area contributed by atoms with Gasteiger partial charge in [0.2, 0.25) is 0 Å². The van der Waals surface area contributed by atoms with Crippen LogP contribution in [-0.4, -0.2) is 42.2 Å². The summed E-state index contributed by atoms with van der Waals surface area (Å²) >= 11 is 1.47. The number of thiophene rings is 1. The summed E-state index contributed by atoms with van der Waals surface area (Å²) in [5.74, 6) is -0.0556. The van der Waals surface area contributed by atoms with Crippen LogP contribution in [-0.2, 0) is 9.84 Å². The molecule has 8 heteroatoms. The van der Waals surface area contributed by atoms with Crippen LogP contribution in [0.15, 0.2) is 27.9 Å². The van der Waals surface area contributed by atoms with E-state index in [4.69, 9.17) is 0 Å². The topological polar surface area (TPSA) is 83.1 Å². The van der Waals surface area contributed by atoms with Gasteiger partial charge in [0.1, 0.15) is 4.90 Å². The minimum Gasteiger partial charge on any atom is -0.330 e. The molecule has 6 nitrogen and oxygen atoms in total. The number of hydrogen-bond acceptors (Lipinski definition) is 5. The maximum Gasteiger partial charge on any atom is 0.255 e. The van der Waals surface area contributed by atoms with Crippen molar-refractivity contribution in [2.75, 3.05) is 12.8 Å². The molecule has 0 aromatic carbocycles. The van der Waals surface area contributed by atoms with E-state index in [-0.39, 0.29) is 16.8 Å². The van der Waals surface area contributed by atoms with Crippen LogP contribution in [0.1, 0.15) is 41.4 Å². The van der Waals surface area contributed by atoms with E-state index >= 15 is 0 Å². The summed E-state index contributed by atoms with van der Waals surface area (Å²) in [7, 11) is -3.37. The molecule has 1 N–H and O–H groups in total. The third-order valence-corrected chi connectivity index (χ3v) is 5.70. The molecular weight excluding hydrogens is 322 g/mol. The summed E-state index contributed by atoms with van der Waals surface area (Å²) in [6, 6.07) is 1.52. The molecule has 22 heavy (non-hydrogen) atoms. The molecular formula is C14H17N3O3S2. The molecule has 1 aliphatic heterocycles. The fraction of sp³-hybridized carbons (Fsp3) is 0.429. The molecule has 1 saturated heterocycles. The van der Waals surface area contributed by atoms with Crippen molar-refractivity contribution in [1.82, 2.24) is 15.1 Å². The van der Waals surface area contributed by atoms with Gasteiger partial charge in [-0.25, -0.2) is 8.42 Å². The lowest BCUT2D eigenvalue weighted by molar-refractivity contribution is 0.0603. The first kappa shape index (κ1) is 15.2. The Kier molecular flexibility index (Phi) is 4.05. The first-order valence-corrected chi connectivity index (χ1v) is 9.88. The molecule has 2 aromatic heterocycles. The monoisotopic (exact) mass is 339 g/mol. The van der Waals surface area contributed by atoms with Crippen molar-refractivity contribution in [3.8, 4) is 0 Å². The second-order valence-corrected chi connectivity index (χ2v) is 8.21. The van der Waals surface area contributed by atoms with E-state index in [1.54, 1.807) is 11.0 Å². The lowest BCUT2D eigenvalue weighted by Gasteiger charge is -2.35. The summed E-state index contributed by atoms with van der Waals surface area (Å²) < 4.78 is 23.8. The van der Waals surface area contributed by atoms with Crippen LogP contribution >= 0.6 is 11.3 Å². The fourth-order valence-corrected chi connectivity index (χ4v) is 4.30. The minimum atomic E-state index is -3.37. The fourth-order valence-electron chi connectivity index (χ4n) is 2.85. The number of piperidine rings is 1. The van der Waals surface area contributed by atoms with Gasteiger partial charge < -0.3 is 4.90 Å². The molecule has 0 spiro atoms. The van der Waals surface area contributed by atoms with Gasteiger partial charge in [0, 0.05) is 18.2 Å². The lowest BCUT2D eigenvalue weighted by atomic mass is 9.98. The average molecular weight is 339 g/mol. The first-order chi connectivity index (χ1) is 10.5. The van der Waals surface area contributed by atoms with Crippen molar-refractivity contribution in [3.05, 3.63) is 34.3 Å². The number of sulfone groups is 1. The quantitative estimate of drug-likeness (QED) is 0.929. The van der Waals surface area contributed by atoms with E-state index in [9.17, 15) is 13.2 Å². The molecule has 3 rings (SSSR count). The number of aromatic nitrogens is 2. The van der Waals surface area contributed by atoms with Crippen LogP contribution in [0.25, 0.3) is 0 Å². The molecule has 0 saturated carbocycles. The number of nitrogens with one attached hydrogen (secondary N) is 1. The van der Waals surface area contributed by atoms with Crippen LogP contribution in [0.5, 0.6) is 0 Å². The SMILES string of the molecule is CS(=O)(=O)c1cn[nH]c1[C@H]1CCCCN1C(=O)c1ccsc1. The normalized spacial score (nSPS) is 19.3. The average Bonchev–Trinajstić information content (AvgIpc) is 3.17. The summed E-state index contributed by atoms with van der Waals surface area (Å²) in [4.78, 5) is 14.6. The predicted octanol–water partition coefficient (Wildman–Crippen LogP) is 2.24. The lowest BCUT2D eigenvalue weighted by Crippen LogP contribution is -2.39. The van der Waals surface area contributed by atoms with Crippen LogP contribution in [0, 0.1) is 0 Å². The van der Waals surface area contributed by atoms with Gasteiger partial charge in [0.15, 0.2) is 9.84 Å². The number of nitrogens with zero attached hydrogens (tertiary/aromatic N) is 2. The Morgan fingerprint density at radius 3 is 2.95 bits per heavy atom.